The van der Waals surface area contributed by atoms with Crippen LogP contribution in [0.3, 0.4) is 0 Å². The van der Waals surface area contributed by atoms with E-state index in [0.717, 1.165) is 11.1 Å². The smallest absolute Gasteiger partial charge is 0.251 e. The molecule has 0 fully saturated rings. The van der Waals surface area contributed by atoms with Crippen molar-refractivity contribution in [3.05, 3.63) is 59.3 Å². The standard InChI is InChI=1S/C16H18N2O2/c1-3-20-16-14(5-4-10-17-16)11-18-15(19)13-8-6-12(2)7-9-13/h4-10H,3,11H2,1-2H3,(H,18,19). The van der Waals surface area contributed by atoms with Crippen molar-refractivity contribution in [2.24, 2.45) is 0 Å². The lowest BCUT2D eigenvalue weighted by Gasteiger charge is -2.10. The Labute approximate surface area is 118 Å². The van der Waals surface area contributed by atoms with Gasteiger partial charge in [0.25, 0.3) is 5.91 Å². The fourth-order valence-electron chi connectivity index (χ4n) is 1.81. The van der Waals surface area contributed by atoms with Crippen LogP contribution in [0.15, 0.2) is 42.6 Å². The Morgan fingerprint density at radius 2 is 2.00 bits per heavy atom. The van der Waals surface area contributed by atoms with Crippen LogP contribution >= 0.6 is 0 Å². The van der Waals surface area contributed by atoms with Crippen LogP contribution < -0.4 is 10.1 Å². The average molecular weight is 270 g/mol. The minimum atomic E-state index is -0.101. The number of benzene rings is 1. The van der Waals surface area contributed by atoms with Gasteiger partial charge in [0.1, 0.15) is 0 Å². The highest BCUT2D eigenvalue weighted by Gasteiger charge is 2.08. The lowest BCUT2D eigenvalue weighted by molar-refractivity contribution is 0.0950. The summed E-state index contributed by atoms with van der Waals surface area (Å²) < 4.78 is 5.43. The highest BCUT2D eigenvalue weighted by atomic mass is 16.5. The van der Waals surface area contributed by atoms with Crippen molar-refractivity contribution >= 4 is 5.91 Å². The Bertz CT molecular complexity index is 579. The first-order valence-corrected chi connectivity index (χ1v) is 6.62. The second-order valence-corrected chi connectivity index (χ2v) is 4.45. The summed E-state index contributed by atoms with van der Waals surface area (Å²) in [6, 6.07) is 11.2. The summed E-state index contributed by atoms with van der Waals surface area (Å²) in [7, 11) is 0. The summed E-state index contributed by atoms with van der Waals surface area (Å²) >= 11 is 0. The van der Waals surface area contributed by atoms with Crippen LogP contribution in [0, 0.1) is 6.92 Å². The number of aromatic nitrogens is 1. The van der Waals surface area contributed by atoms with E-state index in [1.165, 1.54) is 0 Å². The molecular weight excluding hydrogens is 252 g/mol. The molecule has 0 bridgehead atoms. The van der Waals surface area contributed by atoms with Gasteiger partial charge in [-0.2, -0.15) is 0 Å². The number of nitrogens with zero attached hydrogens (tertiary/aromatic N) is 1. The fourth-order valence-corrected chi connectivity index (χ4v) is 1.81. The third-order valence-corrected chi connectivity index (χ3v) is 2.88. The van der Waals surface area contributed by atoms with Crippen molar-refractivity contribution in [2.75, 3.05) is 6.61 Å². The Morgan fingerprint density at radius 3 is 2.70 bits per heavy atom. The molecule has 4 heteroatoms. The van der Waals surface area contributed by atoms with E-state index in [0.29, 0.717) is 24.6 Å². The van der Waals surface area contributed by atoms with Crippen molar-refractivity contribution in [2.45, 2.75) is 20.4 Å². The molecule has 1 amide bonds. The van der Waals surface area contributed by atoms with Crippen LogP contribution in [0.1, 0.15) is 28.4 Å². The van der Waals surface area contributed by atoms with Crippen molar-refractivity contribution in [1.29, 1.82) is 0 Å². The van der Waals surface area contributed by atoms with E-state index in [1.54, 1.807) is 6.20 Å². The molecule has 1 heterocycles. The zero-order valence-electron chi connectivity index (χ0n) is 11.7. The van der Waals surface area contributed by atoms with Crippen LogP contribution in [-0.2, 0) is 6.54 Å². The number of ether oxygens (including phenoxy) is 1. The van der Waals surface area contributed by atoms with E-state index in [-0.39, 0.29) is 5.91 Å². The molecule has 0 spiro atoms. The third kappa shape index (κ3) is 3.57. The molecule has 1 aromatic heterocycles. The van der Waals surface area contributed by atoms with E-state index < -0.39 is 0 Å². The molecule has 0 aliphatic rings. The molecule has 0 saturated heterocycles. The molecule has 104 valence electrons. The van der Waals surface area contributed by atoms with Gasteiger partial charge < -0.3 is 10.1 Å². The predicted octanol–water partition coefficient (Wildman–Crippen LogP) is 2.72. The second-order valence-electron chi connectivity index (χ2n) is 4.45. The Hall–Kier alpha value is -2.36. The summed E-state index contributed by atoms with van der Waals surface area (Å²) in [5, 5.41) is 2.87. The van der Waals surface area contributed by atoms with Crippen molar-refractivity contribution < 1.29 is 9.53 Å². The summed E-state index contributed by atoms with van der Waals surface area (Å²) in [6.45, 7) is 4.85. The monoisotopic (exact) mass is 270 g/mol. The normalized spacial score (nSPS) is 10.1. The van der Waals surface area contributed by atoms with Gasteiger partial charge in [-0.05, 0) is 32.0 Å². The molecular formula is C16H18N2O2. The molecule has 0 aliphatic heterocycles. The molecule has 0 aliphatic carbocycles. The van der Waals surface area contributed by atoms with Gasteiger partial charge in [-0.3, -0.25) is 4.79 Å². The number of pyridine rings is 1. The molecule has 2 aromatic rings. The van der Waals surface area contributed by atoms with E-state index in [4.69, 9.17) is 4.74 Å². The summed E-state index contributed by atoms with van der Waals surface area (Å²) in [5.74, 6) is 0.468. The van der Waals surface area contributed by atoms with Gasteiger partial charge in [0, 0.05) is 23.9 Å². The van der Waals surface area contributed by atoms with Crippen molar-refractivity contribution in [3.8, 4) is 5.88 Å². The first-order chi connectivity index (χ1) is 9.70. The lowest BCUT2D eigenvalue weighted by Crippen LogP contribution is -2.23. The first kappa shape index (κ1) is 14.1. The SMILES string of the molecule is CCOc1ncccc1CNC(=O)c1ccc(C)cc1. The van der Waals surface area contributed by atoms with E-state index in [1.807, 2.05) is 50.2 Å². The third-order valence-electron chi connectivity index (χ3n) is 2.88. The Morgan fingerprint density at radius 1 is 1.25 bits per heavy atom. The minimum absolute atomic E-state index is 0.101. The topological polar surface area (TPSA) is 51.2 Å². The van der Waals surface area contributed by atoms with E-state index >= 15 is 0 Å². The van der Waals surface area contributed by atoms with Gasteiger partial charge in [0.2, 0.25) is 5.88 Å². The van der Waals surface area contributed by atoms with Crippen LogP contribution in [0.2, 0.25) is 0 Å². The van der Waals surface area contributed by atoms with Crippen molar-refractivity contribution in [3.63, 3.8) is 0 Å². The summed E-state index contributed by atoms with van der Waals surface area (Å²) in [5.41, 5.74) is 2.65. The average Bonchev–Trinajstić information content (AvgIpc) is 2.47. The lowest BCUT2D eigenvalue weighted by atomic mass is 10.1. The highest BCUT2D eigenvalue weighted by molar-refractivity contribution is 5.94. The zero-order valence-corrected chi connectivity index (χ0v) is 11.7. The molecule has 0 unspecified atom stereocenters. The molecule has 0 radical (unpaired) electrons. The molecule has 0 saturated carbocycles. The number of nitrogens with one attached hydrogen (secondary N) is 1. The molecule has 1 N–H and O–H groups in total. The summed E-state index contributed by atoms with van der Waals surface area (Å²) in [4.78, 5) is 16.2. The van der Waals surface area contributed by atoms with Crippen LogP contribution in [0.25, 0.3) is 0 Å². The van der Waals surface area contributed by atoms with Gasteiger partial charge in [-0.1, -0.05) is 23.8 Å². The van der Waals surface area contributed by atoms with Gasteiger partial charge in [0.05, 0.1) is 6.61 Å². The number of carbonyl (C=O) groups excluding carboxylic acids is 1. The number of carbonyl (C=O) groups is 1. The zero-order chi connectivity index (χ0) is 14.4. The van der Waals surface area contributed by atoms with Crippen LogP contribution in [0.5, 0.6) is 5.88 Å². The molecule has 2 rings (SSSR count). The maximum atomic E-state index is 12.0. The van der Waals surface area contributed by atoms with Gasteiger partial charge in [0.15, 0.2) is 0 Å². The molecule has 1 aromatic carbocycles. The Balaban J connectivity index is 2.01. The van der Waals surface area contributed by atoms with Crippen LogP contribution in [-0.4, -0.2) is 17.5 Å². The minimum Gasteiger partial charge on any atom is -0.478 e. The fraction of sp³-hybridized carbons (Fsp3) is 0.250. The van der Waals surface area contributed by atoms with E-state index in [2.05, 4.69) is 10.3 Å². The number of rotatable bonds is 5. The van der Waals surface area contributed by atoms with Gasteiger partial charge in [-0.25, -0.2) is 4.98 Å². The number of hydrogen-bond acceptors (Lipinski definition) is 3. The van der Waals surface area contributed by atoms with Gasteiger partial charge >= 0.3 is 0 Å². The molecule has 0 atom stereocenters. The van der Waals surface area contributed by atoms with E-state index in [9.17, 15) is 4.79 Å². The maximum Gasteiger partial charge on any atom is 0.251 e. The largest absolute Gasteiger partial charge is 0.478 e. The van der Waals surface area contributed by atoms with Crippen LogP contribution in [0.4, 0.5) is 0 Å². The highest BCUT2D eigenvalue weighted by Crippen LogP contribution is 2.14. The summed E-state index contributed by atoms with van der Waals surface area (Å²) in [6.07, 6.45) is 1.68. The predicted molar refractivity (Wildman–Crippen MR) is 77.8 cm³/mol. The Kier molecular flexibility index (Phi) is 4.71. The molecule has 20 heavy (non-hydrogen) atoms. The number of amides is 1. The second kappa shape index (κ2) is 6.70. The van der Waals surface area contributed by atoms with Gasteiger partial charge in [-0.15, -0.1) is 0 Å². The van der Waals surface area contributed by atoms with Crippen molar-refractivity contribution in [1.82, 2.24) is 10.3 Å². The quantitative estimate of drug-likeness (QED) is 0.908. The first-order valence-electron chi connectivity index (χ1n) is 6.62. The molecule has 4 nitrogen and oxygen atoms in total. The number of hydrogen-bond donors (Lipinski definition) is 1. The maximum absolute atomic E-state index is 12.0. The number of aryl methyl sites for hydroxylation is 1.